The normalized spacial score (nSPS) is 38.5. The minimum absolute atomic E-state index is 0. The van der Waals surface area contributed by atoms with E-state index < -0.39 is 5.92 Å². The molecule has 0 bridgehead atoms. The summed E-state index contributed by atoms with van der Waals surface area (Å²) in [7, 11) is 0. The number of nitrogens with one attached hydrogen (secondary N) is 1. The van der Waals surface area contributed by atoms with Crippen LogP contribution in [0.5, 0.6) is 0 Å². The molecular formula is C8H14ClF2N. The van der Waals surface area contributed by atoms with Crippen molar-refractivity contribution >= 4 is 12.4 Å². The molecule has 1 aliphatic heterocycles. The van der Waals surface area contributed by atoms with E-state index in [4.69, 9.17) is 0 Å². The van der Waals surface area contributed by atoms with Crippen LogP contribution in [-0.4, -0.2) is 19.0 Å². The van der Waals surface area contributed by atoms with Crippen molar-refractivity contribution in [2.24, 2.45) is 11.8 Å². The molecule has 1 saturated carbocycles. The maximum atomic E-state index is 12.6. The minimum atomic E-state index is -2.32. The molecule has 0 aromatic carbocycles. The average molecular weight is 198 g/mol. The second kappa shape index (κ2) is 3.46. The number of hydrogen-bond acceptors (Lipinski definition) is 1. The SMILES string of the molecule is Cl.FC1(F)CC1C1CCCNC1. The van der Waals surface area contributed by atoms with E-state index in [0.29, 0.717) is 0 Å². The molecule has 2 aliphatic rings. The van der Waals surface area contributed by atoms with Gasteiger partial charge in [0.25, 0.3) is 5.92 Å². The van der Waals surface area contributed by atoms with Gasteiger partial charge in [-0.1, -0.05) is 0 Å². The van der Waals surface area contributed by atoms with Crippen LogP contribution in [0.15, 0.2) is 0 Å². The van der Waals surface area contributed by atoms with Gasteiger partial charge in [-0.2, -0.15) is 0 Å². The van der Waals surface area contributed by atoms with Gasteiger partial charge in [0, 0.05) is 12.3 Å². The molecule has 0 spiro atoms. The van der Waals surface area contributed by atoms with Gasteiger partial charge in [-0.3, -0.25) is 0 Å². The van der Waals surface area contributed by atoms with Gasteiger partial charge in [0.15, 0.2) is 0 Å². The molecule has 0 aromatic heterocycles. The number of rotatable bonds is 1. The van der Waals surface area contributed by atoms with Crippen LogP contribution < -0.4 is 5.32 Å². The highest BCUT2D eigenvalue weighted by Gasteiger charge is 2.59. The largest absolute Gasteiger partial charge is 0.316 e. The molecule has 1 heterocycles. The summed E-state index contributed by atoms with van der Waals surface area (Å²) in [5.74, 6) is -2.36. The van der Waals surface area contributed by atoms with Gasteiger partial charge in [-0.25, -0.2) is 8.78 Å². The monoisotopic (exact) mass is 197 g/mol. The maximum absolute atomic E-state index is 12.6. The Balaban J connectivity index is 0.000000720. The molecule has 1 aliphatic carbocycles. The second-order valence-corrected chi connectivity index (χ2v) is 3.68. The fourth-order valence-corrected chi connectivity index (χ4v) is 1.97. The van der Waals surface area contributed by atoms with Crippen LogP contribution in [-0.2, 0) is 0 Å². The first-order valence-electron chi connectivity index (χ1n) is 4.29. The van der Waals surface area contributed by atoms with Crippen LogP contribution in [0.3, 0.4) is 0 Å². The van der Waals surface area contributed by atoms with Gasteiger partial charge in [-0.15, -0.1) is 12.4 Å². The van der Waals surface area contributed by atoms with Crippen molar-refractivity contribution in [2.45, 2.75) is 25.2 Å². The molecule has 0 aromatic rings. The first-order chi connectivity index (χ1) is 5.20. The van der Waals surface area contributed by atoms with Crippen LogP contribution in [0.2, 0.25) is 0 Å². The molecule has 0 amide bonds. The first-order valence-corrected chi connectivity index (χ1v) is 4.29. The molecule has 2 unspecified atom stereocenters. The zero-order valence-corrected chi connectivity index (χ0v) is 7.67. The van der Waals surface area contributed by atoms with E-state index in [1.54, 1.807) is 0 Å². The first kappa shape index (κ1) is 10.2. The zero-order valence-electron chi connectivity index (χ0n) is 6.85. The fraction of sp³-hybridized carbons (Fsp3) is 1.00. The predicted octanol–water partition coefficient (Wildman–Crippen LogP) is 2.06. The molecule has 2 atom stereocenters. The van der Waals surface area contributed by atoms with Crippen molar-refractivity contribution in [1.82, 2.24) is 5.32 Å². The molecular weight excluding hydrogens is 184 g/mol. The van der Waals surface area contributed by atoms with Gasteiger partial charge in [0.05, 0.1) is 0 Å². The third kappa shape index (κ3) is 1.88. The maximum Gasteiger partial charge on any atom is 0.251 e. The summed E-state index contributed by atoms with van der Waals surface area (Å²) in [6.45, 7) is 1.81. The summed E-state index contributed by atoms with van der Waals surface area (Å²) in [6.07, 6.45) is 2.20. The third-order valence-electron chi connectivity index (χ3n) is 2.78. The van der Waals surface area contributed by atoms with Crippen LogP contribution in [0, 0.1) is 11.8 Å². The van der Waals surface area contributed by atoms with Gasteiger partial charge in [-0.05, 0) is 31.8 Å². The number of alkyl halides is 2. The quantitative estimate of drug-likeness (QED) is 0.679. The highest BCUT2D eigenvalue weighted by Crippen LogP contribution is 2.54. The molecule has 4 heteroatoms. The summed E-state index contributed by atoms with van der Waals surface area (Å²) < 4.78 is 25.1. The summed E-state index contributed by atoms with van der Waals surface area (Å²) >= 11 is 0. The van der Waals surface area contributed by atoms with Gasteiger partial charge < -0.3 is 5.32 Å². The van der Waals surface area contributed by atoms with Gasteiger partial charge in [0.2, 0.25) is 0 Å². The highest BCUT2D eigenvalue weighted by molar-refractivity contribution is 5.85. The Morgan fingerprint density at radius 2 is 2.00 bits per heavy atom. The van der Waals surface area contributed by atoms with Crippen molar-refractivity contribution in [3.63, 3.8) is 0 Å². The average Bonchev–Trinajstić information content (AvgIpc) is 2.62. The second-order valence-electron chi connectivity index (χ2n) is 3.68. The van der Waals surface area contributed by atoms with Crippen molar-refractivity contribution in [3.05, 3.63) is 0 Å². The van der Waals surface area contributed by atoms with Crippen molar-refractivity contribution < 1.29 is 8.78 Å². The Kier molecular flexibility index (Phi) is 2.94. The van der Waals surface area contributed by atoms with Crippen molar-refractivity contribution in [2.75, 3.05) is 13.1 Å². The zero-order chi connectivity index (χ0) is 7.90. The molecule has 1 saturated heterocycles. The lowest BCUT2D eigenvalue weighted by atomic mass is 9.94. The van der Waals surface area contributed by atoms with Gasteiger partial charge in [0.1, 0.15) is 0 Å². The Morgan fingerprint density at radius 1 is 1.33 bits per heavy atom. The fourth-order valence-electron chi connectivity index (χ4n) is 1.97. The topological polar surface area (TPSA) is 12.0 Å². The highest BCUT2D eigenvalue weighted by atomic mass is 35.5. The Bertz CT molecular complexity index is 157. The summed E-state index contributed by atoms with van der Waals surface area (Å²) in [4.78, 5) is 0. The van der Waals surface area contributed by atoms with E-state index in [1.807, 2.05) is 0 Å². The summed E-state index contributed by atoms with van der Waals surface area (Å²) in [5, 5.41) is 3.16. The number of piperidine rings is 1. The van der Waals surface area contributed by atoms with E-state index in [-0.39, 0.29) is 30.7 Å². The number of hydrogen-bond donors (Lipinski definition) is 1. The molecule has 0 radical (unpaired) electrons. The molecule has 2 rings (SSSR count). The molecule has 1 N–H and O–H groups in total. The predicted molar refractivity (Wildman–Crippen MR) is 45.9 cm³/mol. The summed E-state index contributed by atoms with van der Waals surface area (Å²) in [6, 6.07) is 0. The van der Waals surface area contributed by atoms with E-state index >= 15 is 0 Å². The van der Waals surface area contributed by atoms with E-state index in [0.717, 1.165) is 25.9 Å². The van der Waals surface area contributed by atoms with E-state index in [1.165, 1.54) is 0 Å². The van der Waals surface area contributed by atoms with Crippen LogP contribution in [0.4, 0.5) is 8.78 Å². The van der Waals surface area contributed by atoms with E-state index in [2.05, 4.69) is 5.32 Å². The minimum Gasteiger partial charge on any atom is -0.316 e. The van der Waals surface area contributed by atoms with Crippen LogP contribution in [0.1, 0.15) is 19.3 Å². The van der Waals surface area contributed by atoms with Crippen LogP contribution >= 0.6 is 12.4 Å². The van der Waals surface area contributed by atoms with Crippen molar-refractivity contribution in [1.29, 1.82) is 0 Å². The molecule has 12 heavy (non-hydrogen) atoms. The van der Waals surface area contributed by atoms with Crippen molar-refractivity contribution in [3.8, 4) is 0 Å². The Morgan fingerprint density at radius 3 is 2.42 bits per heavy atom. The third-order valence-corrected chi connectivity index (χ3v) is 2.78. The number of halogens is 3. The lowest BCUT2D eigenvalue weighted by molar-refractivity contribution is 0.0803. The Labute approximate surface area is 77.3 Å². The lowest BCUT2D eigenvalue weighted by Crippen LogP contribution is -2.31. The molecule has 1 nitrogen and oxygen atoms in total. The van der Waals surface area contributed by atoms with E-state index in [9.17, 15) is 8.78 Å². The van der Waals surface area contributed by atoms with Gasteiger partial charge >= 0.3 is 0 Å². The molecule has 72 valence electrons. The Hall–Kier alpha value is 0.110. The summed E-state index contributed by atoms with van der Waals surface area (Å²) in [5.41, 5.74) is 0. The standard InChI is InChI=1S/C8H13F2N.ClH/c9-8(10)4-7(8)6-2-1-3-11-5-6;/h6-7,11H,1-5H2;1H. The van der Waals surface area contributed by atoms with Crippen LogP contribution in [0.25, 0.3) is 0 Å². The molecule has 2 fully saturated rings. The smallest absolute Gasteiger partial charge is 0.251 e. The lowest BCUT2D eigenvalue weighted by Gasteiger charge is -2.22.